The van der Waals surface area contributed by atoms with E-state index in [0.29, 0.717) is 22.5 Å². The number of fused-ring (bicyclic) bond motifs is 1. The number of hydrogen-bond acceptors (Lipinski definition) is 5. The molecule has 0 aliphatic carbocycles. The average Bonchev–Trinajstić information content (AvgIpc) is 2.81. The lowest BCUT2D eigenvalue weighted by molar-refractivity contribution is 0.415. The second kappa shape index (κ2) is 5.72. The molecule has 7 nitrogen and oxygen atoms in total. The molecule has 1 aromatic heterocycles. The lowest BCUT2D eigenvalue weighted by Gasteiger charge is -2.11. The zero-order chi connectivity index (χ0) is 17.5. The summed E-state index contributed by atoms with van der Waals surface area (Å²) in [6.07, 6.45) is 0. The Morgan fingerprint density at radius 1 is 1.17 bits per heavy atom. The number of nitrogens with zero attached hydrogens (tertiary/aromatic N) is 1. The van der Waals surface area contributed by atoms with Crippen LogP contribution in [0.3, 0.4) is 0 Å². The summed E-state index contributed by atoms with van der Waals surface area (Å²) in [7, 11) is -0.721. The van der Waals surface area contributed by atoms with E-state index in [4.69, 9.17) is 9.15 Å². The maximum Gasteiger partial charge on any atom is 0.419 e. The van der Waals surface area contributed by atoms with E-state index in [2.05, 4.69) is 4.72 Å². The molecule has 3 aromatic rings. The van der Waals surface area contributed by atoms with Crippen molar-refractivity contribution in [1.82, 2.24) is 4.57 Å². The summed E-state index contributed by atoms with van der Waals surface area (Å²) in [6.45, 7) is 1.67. The summed E-state index contributed by atoms with van der Waals surface area (Å²) in [5.41, 5.74) is 1.69. The summed E-state index contributed by atoms with van der Waals surface area (Å²) in [5.74, 6) is 0.0867. The molecule has 0 fully saturated rings. The minimum atomic E-state index is -3.82. The molecule has 8 heteroatoms. The van der Waals surface area contributed by atoms with E-state index in [9.17, 15) is 13.2 Å². The van der Waals surface area contributed by atoms with Crippen molar-refractivity contribution in [1.29, 1.82) is 0 Å². The molecule has 2 aromatic carbocycles. The van der Waals surface area contributed by atoms with Crippen LogP contribution in [0.5, 0.6) is 5.75 Å². The van der Waals surface area contributed by atoms with Gasteiger partial charge >= 0.3 is 5.76 Å². The van der Waals surface area contributed by atoms with E-state index in [1.807, 2.05) is 0 Å². The zero-order valence-corrected chi connectivity index (χ0v) is 14.2. The minimum Gasteiger partial charge on any atom is -0.497 e. The Kier molecular flexibility index (Phi) is 3.84. The van der Waals surface area contributed by atoms with Crippen molar-refractivity contribution >= 4 is 26.8 Å². The summed E-state index contributed by atoms with van der Waals surface area (Å²) in [5, 5.41) is 0. The first-order valence-corrected chi connectivity index (χ1v) is 8.57. The maximum atomic E-state index is 12.6. The fourth-order valence-electron chi connectivity index (χ4n) is 2.42. The standard InChI is InChI=1S/C16H16N2O5S/c1-10-8-13-14(23-16(19)18(13)2)9-15(10)24(20,21)17-11-4-6-12(22-3)7-5-11/h4-9,17H,1-3H3. The third kappa shape index (κ3) is 2.76. The summed E-state index contributed by atoms with van der Waals surface area (Å²) < 4.78 is 39.2. The van der Waals surface area contributed by atoms with E-state index in [1.54, 1.807) is 44.3 Å². The highest BCUT2D eigenvalue weighted by molar-refractivity contribution is 7.92. The number of nitrogens with one attached hydrogen (secondary N) is 1. The molecule has 0 atom stereocenters. The highest BCUT2D eigenvalue weighted by Crippen LogP contribution is 2.25. The average molecular weight is 348 g/mol. The molecule has 24 heavy (non-hydrogen) atoms. The highest BCUT2D eigenvalue weighted by atomic mass is 32.2. The van der Waals surface area contributed by atoms with Gasteiger partial charge in [0.25, 0.3) is 10.0 Å². The Hall–Kier alpha value is -2.74. The smallest absolute Gasteiger partial charge is 0.419 e. The first-order chi connectivity index (χ1) is 11.3. The van der Waals surface area contributed by atoms with Gasteiger partial charge in [-0.15, -0.1) is 0 Å². The van der Waals surface area contributed by atoms with Gasteiger partial charge in [0.05, 0.1) is 17.5 Å². The summed E-state index contributed by atoms with van der Waals surface area (Å²) in [6, 6.07) is 9.49. The molecule has 0 spiro atoms. The van der Waals surface area contributed by atoms with Crippen LogP contribution in [0.4, 0.5) is 5.69 Å². The van der Waals surface area contributed by atoms with Gasteiger partial charge in [0.2, 0.25) is 0 Å². The van der Waals surface area contributed by atoms with E-state index < -0.39 is 15.8 Å². The molecular weight excluding hydrogens is 332 g/mol. The Morgan fingerprint density at radius 2 is 1.83 bits per heavy atom. The lowest BCUT2D eigenvalue weighted by atomic mass is 10.2. The molecule has 0 unspecified atom stereocenters. The van der Waals surface area contributed by atoms with Crippen LogP contribution in [-0.2, 0) is 17.1 Å². The second-order valence-corrected chi connectivity index (χ2v) is 7.00. The van der Waals surface area contributed by atoms with Crippen LogP contribution in [0.15, 0.2) is 50.5 Å². The lowest BCUT2D eigenvalue weighted by Crippen LogP contribution is -2.14. The van der Waals surface area contributed by atoms with Gasteiger partial charge in [-0.25, -0.2) is 13.2 Å². The van der Waals surface area contributed by atoms with Crippen molar-refractivity contribution < 1.29 is 17.6 Å². The SMILES string of the molecule is COc1ccc(NS(=O)(=O)c2cc3oc(=O)n(C)c3cc2C)cc1. The predicted octanol–water partition coefficient (Wildman–Crippen LogP) is 2.25. The van der Waals surface area contributed by atoms with Gasteiger partial charge in [0, 0.05) is 18.8 Å². The van der Waals surface area contributed by atoms with Crippen molar-refractivity contribution in [2.24, 2.45) is 7.05 Å². The normalized spacial score (nSPS) is 11.6. The van der Waals surface area contributed by atoms with Gasteiger partial charge in [0.1, 0.15) is 5.75 Å². The third-order valence-corrected chi connectivity index (χ3v) is 5.24. The Balaban J connectivity index is 2.03. The van der Waals surface area contributed by atoms with Crippen LogP contribution in [0.2, 0.25) is 0 Å². The number of sulfonamides is 1. The number of methoxy groups -OCH3 is 1. The van der Waals surface area contributed by atoms with E-state index >= 15 is 0 Å². The van der Waals surface area contributed by atoms with Crippen molar-refractivity contribution in [3.8, 4) is 5.75 Å². The Morgan fingerprint density at radius 3 is 2.46 bits per heavy atom. The monoisotopic (exact) mass is 348 g/mol. The highest BCUT2D eigenvalue weighted by Gasteiger charge is 2.20. The van der Waals surface area contributed by atoms with Crippen LogP contribution in [0.25, 0.3) is 11.1 Å². The largest absolute Gasteiger partial charge is 0.497 e. The van der Waals surface area contributed by atoms with Gasteiger partial charge in [-0.3, -0.25) is 9.29 Å². The van der Waals surface area contributed by atoms with Crippen LogP contribution in [0.1, 0.15) is 5.56 Å². The molecule has 126 valence electrons. The number of anilines is 1. The summed E-state index contributed by atoms with van der Waals surface area (Å²) >= 11 is 0. The fourth-order valence-corrected chi connectivity index (χ4v) is 3.72. The molecule has 0 saturated carbocycles. The van der Waals surface area contributed by atoms with Gasteiger partial charge in [-0.1, -0.05) is 0 Å². The molecule has 0 aliphatic rings. The first kappa shape index (κ1) is 16.1. The van der Waals surface area contributed by atoms with E-state index in [0.717, 1.165) is 0 Å². The van der Waals surface area contributed by atoms with Crippen molar-refractivity contribution in [2.45, 2.75) is 11.8 Å². The molecule has 0 bridgehead atoms. The molecule has 0 aliphatic heterocycles. The van der Waals surface area contributed by atoms with Gasteiger partial charge in [-0.2, -0.15) is 0 Å². The zero-order valence-electron chi connectivity index (χ0n) is 13.4. The first-order valence-electron chi connectivity index (χ1n) is 7.09. The molecular formula is C16H16N2O5S. The van der Waals surface area contributed by atoms with Crippen LogP contribution in [-0.4, -0.2) is 20.1 Å². The predicted molar refractivity (Wildman–Crippen MR) is 90.0 cm³/mol. The number of rotatable bonds is 4. The third-order valence-electron chi connectivity index (χ3n) is 3.72. The molecule has 1 N–H and O–H groups in total. The Labute approximate surface area is 138 Å². The number of hydrogen-bond donors (Lipinski definition) is 1. The molecule has 0 radical (unpaired) electrons. The Bertz CT molecular complexity index is 1060. The molecule has 0 amide bonds. The maximum absolute atomic E-state index is 12.6. The van der Waals surface area contributed by atoms with Crippen molar-refractivity contribution in [2.75, 3.05) is 11.8 Å². The fraction of sp³-hybridized carbons (Fsp3) is 0.188. The minimum absolute atomic E-state index is 0.0557. The van der Waals surface area contributed by atoms with Gasteiger partial charge < -0.3 is 9.15 Å². The molecule has 3 rings (SSSR count). The quantitative estimate of drug-likeness (QED) is 0.781. The van der Waals surface area contributed by atoms with E-state index in [1.165, 1.54) is 17.7 Å². The second-order valence-electron chi connectivity index (χ2n) is 5.35. The van der Waals surface area contributed by atoms with Crippen LogP contribution in [0, 0.1) is 6.92 Å². The number of ether oxygens (including phenoxy) is 1. The number of aryl methyl sites for hydroxylation is 2. The van der Waals surface area contributed by atoms with Gasteiger partial charge in [0.15, 0.2) is 5.58 Å². The molecule has 0 saturated heterocycles. The number of aromatic nitrogens is 1. The molecule has 1 heterocycles. The van der Waals surface area contributed by atoms with Gasteiger partial charge in [-0.05, 0) is 42.8 Å². The topological polar surface area (TPSA) is 90.5 Å². The number of oxazole rings is 1. The van der Waals surface area contributed by atoms with Crippen molar-refractivity contribution in [3.05, 3.63) is 52.5 Å². The van der Waals surface area contributed by atoms with Crippen LogP contribution >= 0.6 is 0 Å². The van der Waals surface area contributed by atoms with Crippen molar-refractivity contribution in [3.63, 3.8) is 0 Å². The van der Waals surface area contributed by atoms with E-state index in [-0.39, 0.29) is 10.5 Å². The summed E-state index contributed by atoms with van der Waals surface area (Å²) in [4.78, 5) is 11.6. The van der Waals surface area contributed by atoms with Crippen LogP contribution < -0.4 is 15.2 Å². The number of benzene rings is 2.